The second-order valence-corrected chi connectivity index (χ2v) is 18.5. The molecule has 27 heteroatoms. The summed E-state index contributed by atoms with van der Waals surface area (Å²) in [7, 11) is 0. The molecule has 8 aliphatic heterocycles. The monoisotopic (exact) mass is 977 g/mol. The van der Waals surface area contributed by atoms with Crippen LogP contribution >= 0.6 is 0 Å². The van der Waals surface area contributed by atoms with Gasteiger partial charge in [0.25, 0.3) is 0 Å². The van der Waals surface area contributed by atoms with Crippen LogP contribution < -0.4 is 5.32 Å². The number of fused-ring (bicyclic) bond motifs is 4. The zero-order valence-corrected chi connectivity index (χ0v) is 36.8. The lowest BCUT2D eigenvalue weighted by Crippen LogP contribution is -2.70. The molecule has 67 heavy (non-hydrogen) atoms. The van der Waals surface area contributed by atoms with Gasteiger partial charge >= 0.3 is 0 Å². The molecule has 8 aliphatic rings. The predicted octanol–water partition coefficient (Wildman–Crippen LogP) is -9.53. The Bertz CT molecular complexity index is 1610. The first-order chi connectivity index (χ1) is 31.7. The fraction of sp³-hybridized carbons (Fsp3) is 0.975. The molecule has 0 saturated carbocycles. The van der Waals surface area contributed by atoms with Crippen molar-refractivity contribution < 1.29 is 129 Å². The van der Waals surface area contributed by atoms with Gasteiger partial charge in [0.05, 0.1) is 63.1 Å². The van der Waals surface area contributed by atoms with Crippen LogP contribution in [0.25, 0.3) is 0 Å². The first-order valence-electron chi connectivity index (χ1n) is 22.5. The van der Waals surface area contributed by atoms with Gasteiger partial charge in [-0.3, -0.25) is 4.79 Å². The van der Waals surface area contributed by atoms with Gasteiger partial charge in [-0.05, 0) is 26.7 Å². The summed E-state index contributed by atoms with van der Waals surface area (Å²) in [5.41, 5.74) is 0. The molecule has 0 radical (unpaired) electrons. The molecule has 0 aromatic carbocycles. The molecular formula is C40H67NO26. The number of aliphatic hydroxyl groups excluding tert-OH is 15. The van der Waals surface area contributed by atoms with Crippen LogP contribution in [0.3, 0.4) is 0 Å². The summed E-state index contributed by atoms with van der Waals surface area (Å²) in [6.07, 6.45) is -32.0. The average molecular weight is 978 g/mol. The molecular weight excluding hydrogens is 910 g/mol. The van der Waals surface area contributed by atoms with Crippen LogP contribution in [0.15, 0.2) is 0 Å². The lowest BCUT2D eigenvalue weighted by Gasteiger charge is -2.54. The quantitative estimate of drug-likeness (QED) is 0.102. The highest BCUT2D eigenvalue weighted by atomic mass is 16.8. The maximum absolute atomic E-state index is 11.7. The van der Waals surface area contributed by atoms with E-state index in [1.165, 1.54) is 6.92 Å². The molecule has 1 amide bonds. The summed E-state index contributed by atoms with van der Waals surface area (Å²) in [5, 5.41) is 155. The third-order valence-corrected chi connectivity index (χ3v) is 14.1. The molecule has 0 aromatic heterocycles. The molecule has 16 N–H and O–H groups in total. The molecule has 0 aliphatic carbocycles. The first kappa shape index (κ1) is 53.3. The van der Waals surface area contributed by atoms with E-state index in [-0.39, 0.29) is 12.8 Å². The summed E-state index contributed by atoms with van der Waals surface area (Å²) < 4.78 is 57.7. The number of aliphatic hydroxyl groups is 15. The van der Waals surface area contributed by atoms with Crippen LogP contribution in [-0.2, 0) is 52.2 Å². The van der Waals surface area contributed by atoms with Gasteiger partial charge in [-0.2, -0.15) is 0 Å². The number of nitrogens with one attached hydrogen (secondary N) is 1. The summed E-state index contributed by atoms with van der Waals surface area (Å²) in [6, 6.07) is -1.26. The van der Waals surface area contributed by atoms with Gasteiger partial charge in [0, 0.05) is 18.8 Å². The number of hydrogen-bond acceptors (Lipinski definition) is 26. The Kier molecular flexibility index (Phi) is 17.6. The second-order valence-electron chi connectivity index (χ2n) is 18.5. The Hall–Kier alpha value is -1.53. The second kappa shape index (κ2) is 22.1. The highest BCUT2D eigenvalue weighted by Crippen LogP contribution is 2.44. The van der Waals surface area contributed by atoms with E-state index < -0.39 is 216 Å². The fourth-order valence-electron chi connectivity index (χ4n) is 10.2. The predicted molar refractivity (Wildman–Crippen MR) is 211 cm³/mol. The van der Waals surface area contributed by atoms with Crippen molar-refractivity contribution in [2.45, 2.75) is 205 Å². The van der Waals surface area contributed by atoms with E-state index in [1.807, 2.05) is 0 Å². The standard InChI is InChI=1S/C21H35NO13.C19H32O13/c1-6-13(26)14(27)8-3-9-18(34-20(8)31-6)19(16(29)11(5-24)32-9)35-21-12(22-7(2)25)17(30)15(28)10(4-23)33-21;1-5-10(22)11(23)6-2-7-16(31-18(6)28-5)17(13(25)9(4-21)29-7)32-19-15(27)14(26)12(24)8(3-20)30-19/h6,8-21,23-24,26-30H,3-5H2,1-2H3,(H,22,25);5-27H,2-4H2,1H3/t6?,8-,9?,10+,11+,12?,13?,14?,15-,16-,17+,18?,19-,20-,21+;5?,6-,7?,8+,9+,10?,11?,12-,13-,14-,15?,16?,17-,18-,19+/m00/s1. The van der Waals surface area contributed by atoms with E-state index in [2.05, 4.69) is 5.32 Å². The van der Waals surface area contributed by atoms with Gasteiger partial charge in [-0.15, -0.1) is 0 Å². The Morgan fingerprint density at radius 1 is 0.463 bits per heavy atom. The topological polar surface area (TPSA) is 425 Å². The normalized spacial score (nSPS) is 54.2. The molecule has 0 spiro atoms. The van der Waals surface area contributed by atoms with Crippen LogP contribution in [0.1, 0.15) is 33.6 Å². The first-order valence-corrected chi connectivity index (χ1v) is 22.5. The fourth-order valence-corrected chi connectivity index (χ4v) is 10.2. The molecule has 8 heterocycles. The Morgan fingerprint density at radius 3 is 1.27 bits per heavy atom. The lowest BCUT2D eigenvalue weighted by atomic mass is 9.80. The third-order valence-electron chi connectivity index (χ3n) is 14.1. The van der Waals surface area contributed by atoms with Crippen LogP contribution in [0, 0.1) is 11.8 Å². The van der Waals surface area contributed by atoms with Crippen molar-refractivity contribution in [3.05, 3.63) is 0 Å². The minimum absolute atomic E-state index is 0.157. The van der Waals surface area contributed by atoms with Crippen molar-refractivity contribution in [2.75, 3.05) is 26.4 Å². The molecule has 30 atom stereocenters. The van der Waals surface area contributed by atoms with Crippen molar-refractivity contribution in [2.24, 2.45) is 11.8 Å². The Labute approximate surface area is 383 Å². The van der Waals surface area contributed by atoms with Crippen LogP contribution in [-0.4, -0.2) is 281 Å². The molecule has 8 fully saturated rings. The van der Waals surface area contributed by atoms with Gasteiger partial charge in [-0.1, -0.05) is 0 Å². The number of carbonyl (C=O) groups excluding carboxylic acids is 1. The summed E-state index contributed by atoms with van der Waals surface area (Å²) in [4.78, 5) is 11.7. The van der Waals surface area contributed by atoms with Crippen molar-refractivity contribution in [1.82, 2.24) is 5.32 Å². The maximum atomic E-state index is 11.7. The zero-order chi connectivity index (χ0) is 48.9. The number of amides is 1. The maximum Gasteiger partial charge on any atom is 0.217 e. The van der Waals surface area contributed by atoms with Gasteiger partial charge in [0.1, 0.15) is 110 Å². The highest BCUT2D eigenvalue weighted by molar-refractivity contribution is 5.73. The third kappa shape index (κ3) is 10.5. The van der Waals surface area contributed by atoms with Crippen LogP contribution in [0.5, 0.6) is 0 Å². The molecule has 12 unspecified atom stereocenters. The number of rotatable bonds is 9. The molecule has 8 rings (SSSR count). The smallest absolute Gasteiger partial charge is 0.217 e. The van der Waals surface area contributed by atoms with Gasteiger partial charge in [0.15, 0.2) is 25.2 Å². The average Bonchev–Trinajstić information content (AvgIpc) is 3.30. The Balaban J connectivity index is 0.000000200. The minimum Gasteiger partial charge on any atom is -0.394 e. The summed E-state index contributed by atoms with van der Waals surface area (Å²) in [5.74, 6) is -1.83. The highest BCUT2D eigenvalue weighted by Gasteiger charge is 2.60. The van der Waals surface area contributed by atoms with Gasteiger partial charge < -0.3 is 129 Å². The van der Waals surface area contributed by atoms with E-state index in [1.54, 1.807) is 13.8 Å². The van der Waals surface area contributed by atoms with Crippen molar-refractivity contribution >= 4 is 5.91 Å². The van der Waals surface area contributed by atoms with E-state index in [0.717, 1.165) is 0 Å². The molecule has 27 nitrogen and oxygen atoms in total. The van der Waals surface area contributed by atoms with Crippen molar-refractivity contribution in [3.63, 3.8) is 0 Å². The molecule has 0 aromatic rings. The zero-order valence-electron chi connectivity index (χ0n) is 36.8. The van der Waals surface area contributed by atoms with E-state index in [4.69, 9.17) is 47.4 Å². The number of ether oxygens (including phenoxy) is 10. The molecule has 8 saturated heterocycles. The van der Waals surface area contributed by atoms with Crippen LogP contribution in [0.2, 0.25) is 0 Å². The van der Waals surface area contributed by atoms with Crippen molar-refractivity contribution in [1.29, 1.82) is 0 Å². The number of carbonyl (C=O) groups is 1. The van der Waals surface area contributed by atoms with E-state index >= 15 is 0 Å². The van der Waals surface area contributed by atoms with E-state index in [0.29, 0.717) is 0 Å². The van der Waals surface area contributed by atoms with Gasteiger partial charge in [0.2, 0.25) is 5.91 Å². The molecule has 0 bridgehead atoms. The lowest BCUT2D eigenvalue weighted by molar-refractivity contribution is -0.384. The van der Waals surface area contributed by atoms with Crippen LogP contribution in [0.4, 0.5) is 0 Å². The summed E-state index contributed by atoms with van der Waals surface area (Å²) >= 11 is 0. The SMILES string of the molecule is CC(=O)NC1[C@@H](O[C@@H]2C3O[C@@H]4OC(C)C(O)C(O)[C@@H]4CC3O[C@H](CO)[C@@H]2O)O[C@H](CO)[C@H](O)[C@@H]1O.CC1O[C@H]2OC3C(C[C@H]2C(O)C1O)O[C@H](CO)[C@H](O)[C@@H]3O[C@H]1O[C@H](CO)[C@H](O)[C@H](O)C1O. The minimum atomic E-state index is -1.70. The summed E-state index contributed by atoms with van der Waals surface area (Å²) in [6.45, 7) is 1.91. The Morgan fingerprint density at radius 2 is 0.851 bits per heavy atom. The number of hydrogen-bond donors (Lipinski definition) is 16. The van der Waals surface area contributed by atoms with E-state index in [9.17, 15) is 81.4 Å². The molecule has 388 valence electrons. The van der Waals surface area contributed by atoms with Gasteiger partial charge in [-0.25, -0.2) is 0 Å². The van der Waals surface area contributed by atoms with Crippen molar-refractivity contribution in [3.8, 4) is 0 Å². The largest absolute Gasteiger partial charge is 0.394 e.